The van der Waals surface area contributed by atoms with Gasteiger partial charge < -0.3 is 9.80 Å². The Kier molecular flexibility index (Phi) is 5.14. The maximum atomic E-state index is 6.28. The lowest BCUT2D eigenvalue weighted by molar-refractivity contribution is -0.914. The number of quaternary nitrogens is 1. The molecule has 0 radical (unpaired) electrons. The number of hydrogen-bond acceptors (Lipinski definition) is 1. The smallest absolute Gasteiger partial charge is 0.104 e. The van der Waals surface area contributed by atoms with Gasteiger partial charge in [0, 0.05) is 10.6 Å². The van der Waals surface area contributed by atoms with E-state index >= 15 is 0 Å². The third kappa shape index (κ3) is 3.69. The summed E-state index contributed by atoms with van der Waals surface area (Å²) < 4.78 is 0. The lowest BCUT2D eigenvalue weighted by Crippen LogP contribution is -3.13. The Morgan fingerprint density at radius 1 is 0.909 bits per heavy atom. The summed E-state index contributed by atoms with van der Waals surface area (Å²) in [6.07, 6.45) is 0. The zero-order valence-corrected chi connectivity index (χ0v) is 14.4. The van der Waals surface area contributed by atoms with Crippen molar-refractivity contribution in [2.75, 3.05) is 31.1 Å². The fourth-order valence-corrected chi connectivity index (χ4v) is 3.61. The molecule has 0 atom stereocenters. The first-order valence-corrected chi connectivity index (χ1v) is 8.54. The highest BCUT2D eigenvalue weighted by atomic mass is 35.5. The van der Waals surface area contributed by atoms with Gasteiger partial charge in [0.15, 0.2) is 0 Å². The van der Waals surface area contributed by atoms with Crippen LogP contribution in [0.15, 0.2) is 42.5 Å². The van der Waals surface area contributed by atoms with Gasteiger partial charge in [-0.2, -0.15) is 0 Å². The summed E-state index contributed by atoms with van der Waals surface area (Å²) in [6, 6.07) is 13.8. The van der Waals surface area contributed by atoms with Crippen LogP contribution in [0.2, 0.25) is 15.1 Å². The molecule has 1 aliphatic heterocycles. The van der Waals surface area contributed by atoms with Crippen molar-refractivity contribution in [2.24, 2.45) is 0 Å². The molecule has 1 aliphatic rings. The molecule has 0 unspecified atom stereocenters. The molecule has 1 heterocycles. The predicted molar refractivity (Wildman–Crippen MR) is 94.5 cm³/mol. The van der Waals surface area contributed by atoms with Crippen molar-refractivity contribution in [3.63, 3.8) is 0 Å². The van der Waals surface area contributed by atoms with Crippen molar-refractivity contribution in [1.82, 2.24) is 0 Å². The van der Waals surface area contributed by atoms with Crippen LogP contribution >= 0.6 is 34.8 Å². The topological polar surface area (TPSA) is 7.68 Å². The molecule has 0 spiro atoms. The number of hydrogen-bond donors (Lipinski definition) is 1. The summed E-state index contributed by atoms with van der Waals surface area (Å²) in [5.74, 6) is 0. The van der Waals surface area contributed by atoms with Crippen LogP contribution < -0.4 is 9.80 Å². The summed E-state index contributed by atoms with van der Waals surface area (Å²) >= 11 is 18.5. The fourth-order valence-electron chi connectivity index (χ4n) is 2.88. The van der Waals surface area contributed by atoms with Crippen molar-refractivity contribution in [2.45, 2.75) is 6.54 Å². The highest BCUT2D eigenvalue weighted by Gasteiger charge is 2.22. The standard InChI is InChI=1S/C17H17Cl3N2/c18-14-6-5-13(16(20)11-14)12-21-7-9-22(10-8-21)17-4-2-1-3-15(17)19/h1-6,11H,7-10,12H2/p+1. The Hall–Kier alpha value is -0.930. The van der Waals surface area contributed by atoms with Crippen LogP contribution in [0.4, 0.5) is 5.69 Å². The van der Waals surface area contributed by atoms with Crippen LogP contribution in [0, 0.1) is 0 Å². The van der Waals surface area contributed by atoms with Gasteiger partial charge in [-0.3, -0.25) is 0 Å². The summed E-state index contributed by atoms with van der Waals surface area (Å²) in [7, 11) is 0. The van der Waals surface area contributed by atoms with E-state index in [0.29, 0.717) is 5.02 Å². The van der Waals surface area contributed by atoms with Gasteiger partial charge in [-0.15, -0.1) is 0 Å². The highest BCUT2D eigenvalue weighted by Crippen LogP contribution is 2.25. The molecule has 2 nitrogen and oxygen atoms in total. The van der Waals surface area contributed by atoms with E-state index in [1.807, 2.05) is 36.4 Å². The summed E-state index contributed by atoms with van der Waals surface area (Å²) in [5.41, 5.74) is 2.29. The van der Waals surface area contributed by atoms with Crippen molar-refractivity contribution < 1.29 is 4.90 Å². The second-order valence-electron chi connectivity index (χ2n) is 5.60. The molecular weight excluding hydrogens is 339 g/mol. The number of halogens is 3. The first-order chi connectivity index (χ1) is 10.6. The number of rotatable bonds is 3. The van der Waals surface area contributed by atoms with Crippen molar-refractivity contribution in [3.05, 3.63) is 63.1 Å². The molecule has 0 amide bonds. The number of para-hydroxylation sites is 1. The van der Waals surface area contributed by atoms with Crippen LogP contribution in [0.5, 0.6) is 0 Å². The molecule has 1 N–H and O–H groups in total. The maximum absolute atomic E-state index is 6.28. The van der Waals surface area contributed by atoms with Gasteiger partial charge in [-0.05, 0) is 24.3 Å². The Morgan fingerprint density at radius 3 is 2.32 bits per heavy atom. The highest BCUT2D eigenvalue weighted by molar-refractivity contribution is 6.35. The monoisotopic (exact) mass is 355 g/mol. The molecular formula is C17H18Cl3N2+. The van der Waals surface area contributed by atoms with E-state index < -0.39 is 0 Å². The van der Waals surface area contributed by atoms with Crippen LogP contribution in [-0.4, -0.2) is 26.2 Å². The quantitative estimate of drug-likeness (QED) is 0.883. The third-order valence-electron chi connectivity index (χ3n) is 4.12. The van der Waals surface area contributed by atoms with Crippen molar-refractivity contribution in [3.8, 4) is 0 Å². The molecule has 1 fully saturated rings. The minimum atomic E-state index is 0.687. The number of nitrogens with zero attached hydrogens (tertiary/aromatic N) is 1. The average Bonchev–Trinajstić information content (AvgIpc) is 2.51. The lowest BCUT2D eigenvalue weighted by atomic mass is 10.2. The third-order valence-corrected chi connectivity index (χ3v) is 5.03. The van der Waals surface area contributed by atoms with Gasteiger partial charge in [0.2, 0.25) is 0 Å². The molecule has 2 aromatic carbocycles. The summed E-state index contributed by atoms with van der Waals surface area (Å²) in [6.45, 7) is 5.09. The van der Waals surface area contributed by atoms with Gasteiger partial charge in [-0.25, -0.2) is 0 Å². The summed E-state index contributed by atoms with van der Waals surface area (Å²) in [5, 5.41) is 2.27. The number of piperazine rings is 1. The van der Waals surface area contributed by atoms with Gasteiger partial charge in [0.05, 0.1) is 41.9 Å². The largest absolute Gasteiger partial charge is 0.359 e. The number of nitrogens with one attached hydrogen (secondary N) is 1. The van der Waals surface area contributed by atoms with E-state index in [0.717, 1.165) is 54.0 Å². The minimum absolute atomic E-state index is 0.687. The Morgan fingerprint density at radius 2 is 1.64 bits per heavy atom. The fraction of sp³-hybridized carbons (Fsp3) is 0.294. The number of anilines is 1. The molecule has 22 heavy (non-hydrogen) atoms. The molecule has 2 aromatic rings. The average molecular weight is 357 g/mol. The first kappa shape index (κ1) is 15.9. The van der Waals surface area contributed by atoms with E-state index in [9.17, 15) is 0 Å². The molecule has 1 saturated heterocycles. The van der Waals surface area contributed by atoms with Crippen LogP contribution in [0.25, 0.3) is 0 Å². The molecule has 0 aliphatic carbocycles. The van der Waals surface area contributed by atoms with Gasteiger partial charge >= 0.3 is 0 Å². The second kappa shape index (κ2) is 7.10. The van der Waals surface area contributed by atoms with Crippen LogP contribution in [0.1, 0.15) is 5.56 Å². The SMILES string of the molecule is Clc1ccc(C[NH+]2CCN(c3ccccc3Cl)CC2)c(Cl)c1. The van der Waals surface area contributed by atoms with Crippen molar-refractivity contribution >= 4 is 40.5 Å². The molecule has 116 valence electrons. The number of benzene rings is 2. The first-order valence-electron chi connectivity index (χ1n) is 7.40. The van der Waals surface area contributed by atoms with Gasteiger partial charge in [0.1, 0.15) is 6.54 Å². The van der Waals surface area contributed by atoms with Gasteiger partial charge in [-0.1, -0.05) is 53.0 Å². The minimum Gasteiger partial charge on any atom is -0.359 e. The van der Waals surface area contributed by atoms with Crippen LogP contribution in [-0.2, 0) is 6.54 Å². The van der Waals surface area contributed by atoms with E-state index in [2.05, 4.69) is 11.0 Å². The Balaban J connectivity index is 1.61. The molecule has 0 aromatic heterocycles. The predicted octanol–water partition coefficient (Wildman–Crippen LogP) is 3.55. The van der Waals surface area contributed by atoms with E-state index in [1.54, 1.807) is 0 Å². The van der Waals surface area contributed by atoms with E-state index in [1.165, 1.54) is 4.90 Å². The zero-order chi connectivity index (χ0) is 15.5. The molecule has 0 bridgehead atoms. The van der Waals surface area contributed by atoms with Crippen LogP contribution in [0.3, 0.4) is 0 Å². The Bertz CT molecular complexity index is 652. The normalized spacial score (nSPS) is 16.0. The van der Waals surface area contributed by atoms with E-state index in [4.69, 9.17) is 34.8 Å². The molecule has 5 heteroatoms. The van der Waals surface area contributed by atoms with Crippen molar-refractivity contribution in [1.29, 1.82) is 0 Å². The summed E-state index contributed by atoms with van der Waals surface area (Å²) in [4.78, 5) is 3.89. The molecule has 0 saturated carbocycles. The molecule has 3 rings (SSSR count). The lowest BCUT2D eigenvalue weighted by Gasteiger charge is -2.34. The zero-order valence-electron chi connectivity index (χ0n) is 12.2. The second-order valence-corrected chi connectivity index (χ2v) is 6.85. The van der Waals surface area contributed by atoms with E-state index in [-0.39, 0.29) is 0 Å². The maximum Gasteiger partial charge on any atom is 0.104 e. The van der Waals surface area contributed by atoms with Gasteiger partial charge in [0.25, 0.3) is 0 Å². The Labute approximate surface area is 146 Å².